The quantitative estimate of drug-likeness (QED) is 0.440. The summed E-state index contributed by atoms with van der Waals surface area (Å²) in [6.45, 7) is 0.424. The summed E-state index contributed by atoms with van der Waals surface area (Å²) in [5.74, 6) is 1.81. The van der Waals surface area contributed by atoms with Gasteiger partial charge in [-0.1, -0.05) is 18.6 Å². The largest absolute Gasteiger partial charge is 0.349 e. The summed E-state index contributed by atoms with van der Waals surface area (Å²) in [4.78, 5) is 31.1. The molecule has 138 valence electrons. The van der Waals surface area contributed by atoms with Crippen LogP contribution in [0.1, 0.15) is 31.5 Å². The van der Waals surface area contributed by atoms with Gasteiger partial charge < -0.3 is 20.9 Å². The zero-order valence-corrected chi connectivity index (χ0v) is 15.3. The van der Waals surface area contributed by atoms with Crippen LogP contribution in [0.25, 0.3) is 11.0 Å². The van der Waals surface area contributed by atoms with E-state index in [4.69, 9.17) is 0 Å². The average molecular weight is 373 g/mol. The second-order valence-electron chi connectivity index (χ2n) is 6.85. The summed E-state index contributed by atoms with van der Waals surface area (Å²) in [5.41, 5.74) is 1.90. The van der Waals surface area contributed by atoms with Crippen molar-refractivity contribution in [3.05, 3.63) is 30.1 Å². The Balaban J connectivity index is 1.15. The third kappa shape index (κ3) is 3.80. The lowest BCUT2D eigenvalue weighted by Crippen LogP contribution is -2.36. The molecular formula is C18H23N5O2S. The van der Waals surface area contributed by atoms with E-state index in [-0.39, 0.29) is 24.0 Å². The van der Waals surface area contributed by atoms with Crippen molar-refractivity contribution in [2.24, 2.45) is 0 Å². The van der Waals surface area contributed by atoms with Gasteiger partial charge in [-0.05, 0) is 25.0 Å². The minimum absolute atomic E-state index is 0.0461. The highest BCUT2D eigenvalue weighted by Crippen LogP contribution is 2.33. The molecule has 0 saturated carbocycles. The van der Waals surface area contributed by atoms with Crippen LogP contribution in [0.15, 0.2) is 24.3 Å². The summed E-state index contributed by atoms with van der Waals surface area (Å²) < 4.78 is 0. The second kappa shape index (κ2) is 7.57. The van der Waals surface area contributed by atoms with Crippen molar-refractivity contribution in [2.75, 3.05) is 5.75 Å². The molecule has 0 aliphatic carbocycles. The van der Waals surface area contributed by atoms with Crippen LogP contribution in [0.4, 0.5) is 4.79 Å². The zero-order valence-electron chi connectivity index (χ0n) is 14.5. The second-order valence-corrected chi connectivity index (χ2v) is 8.12. The van der Waals surface area contributed by atoms with E-state index >= 15 is 0 Å². The normalized spacial score (nSPS) is 24.3. The first-order chi connectivity index (χ1) is 12.7. The number of aromatic amines is 1. The topological polar surface area (TPSA) is 98.9 Å². The Kier molecular flexibility index (Phi) is 5.01. The summed E-state index contributed by atoms with van der Waals surface area (Å²) in [7, 11) is 0. The lowest BCUT2D eigenvalue weighted by atomic mass is 10.0. The molecular weight excluding hydrogens is 350 g/mol. The van der Waals surface area contributed by atoms with Gasteiger partial charge in [0.25, 0.3) is 0 Å². The van der Waals surface area contributed by atoms with E-state index in [0.29, 0.717) is 18.2 Å². The molecule has 1 aromatic carbocycles. The van der Waals surface area contributed by atoms with Crippen LogP contribution in [0.3, 0.4) is 0 Å². The number of unbranched alkanes of at least 4 members (excludes halogenated alkanes) is 1. The molecule has 2 saturated heterocycles. The third-order valence-corrected chi connectivity index (χ3v) is 6.48. The molecule has 2 aliphatic heterocycles. The minimum atomic E-state index is -0.0461. The lowest BCUT2D eigenvalue weighted by Gasteiger charge is -2.16. The van der Waals surface area contributed by atoms with Crippen molar-refractivity contribution < 1.29 is 9.59 Å². The smallest absolute Gasteiger partial charge is 0.315 e. The van der Waals surface area contributed by atoms with Crippen molar-refractivity contribution in [1.29, 1.82) is 0 Å². The number of benzene rings is 1. The molecule has 2 fully saturated rings. The Morgan fingerprint density at radius 1 is 1.27 bits per heavy atom. The maximum absolute atomic E-state index is 12.0. The van der Waals surface area contributed by atoms with E-state index in [1.165, 1.54) is 0 Å². The van der Waals surface area contributed by atoms with Gasteiger partial charge in [0, 0.05) is 17.4 Å². The fraction of sp³-hybridized carbons (Fsp3) is 0.500. The first-order valence-corrected chi connectivity index (χ1v) is 10.1. The van der Waals surface area contributed by atoms with Crippen LogP contribution >= 0.6 is 11.8 Å². The molecule has 4 N–H and O–H groups in total. The number of carbonyl (C=O) groups is 2. The SMILES string of the molecule is O=C(CCCC[C@@H]1SC[C@@H]2NC(=O)N[C@@H]21)NCc1nc2ccccc2[nH]1. The summed E-state index contributed by atoms with van der Waals surface area (Å²) >= 11 is 1.91. The molecule has 0 radical (unpaired) electrons. The first kappa shape index (κ1) is 17.2. The number of carbonyl (C=O) groups excluding carboxylic acids is 2. The van der Waals surface area contributed by atoms with E-state index in [1.807, 2.05) is 36.0 Å². The van der Waals surface area contributed by atoms with E-state index in [9.17, 15) is 9.59 Å². The van der Waals surface area contributed by atoms with Crippen LogP contribution < -0.4 is 16.0 Å². The Hall–Kier alpha value is -2.22. The molecule has 0 spiro atoms. The van der Waals surface area contributed by atoms with Gasteiger partial charge in [0.2, 0.25) is 5.91 Å². The fourth-order valence-corrected chi connectivity index (χ4v) is 5.18. The molecule has 8 heteroatoms. The molecule has 3 heterocycles. The molecule has 0 bridgehead atoms. The third-order valence-electron chi connectivity index (χ3n) is 4.97. The van der Waals surface area contributed by atoms with Crippen LogP contribution in [0, 0.1) is 0 Å². The van der Waals surface area contributed by atoms with Gasteiger partial charge in [0.05, 0.1) is 29.7 Å². The number of rotatable bonds is 7. The number of hydrogen-bond acceptors (Lipinski definition) is 4. The maximum Gasteiger partial charge on any atom is 0.315 e. The molecule has 1 aromatic heterocycles. The summed E-state index contributed by atoms with van der Waals surface area (Å²) in [6, 6.07) is 8.30. The molecule has 26 heavy (non-hydrogen) atoms. The Morgan fingerprint density at radius 2 is 2.15 bits per heavy atom. The van der Waals surface area contributed by atoms with Crippen molar-refractivity contribution >= 4 is 34.7 Å². The Bertz CT molecular complexity index is 775. The molecule has 3 atom stereocenters. The Morgan fingerprint density at radius 3 is 3.04 bits per heavy atom. The zero-order chi connectivity index (χ0) is 17.9. The minimum Gasteiger partial charge on any atom is -0.349 e. The van der Waals surface area contributed by atoms with E-state index in [1.54, 1.807) is 0 Å². The van der Waals surface area contributed by atoms with Crippen molar-refractivity contribution in [1.82, 2.24) is 25.9 Å². The molecule has 2 aromatic rings. The highest BCUT2D eigenvalue weighted by molar-refractivity contribution is 8.00. The maximum atomic E-state index is 12.0. The number of imidazole rings is 1. The highest BCUT2D eigenvalue weighted by Gasteiger charge is 2.42. The number of H-pyrrole nitrogens is 1. The van der Waals surface area contributed by atoms with Gasteiger partial charge in [0.15, 0.2) is 0 Å². The van der Waals surface area contributed by atoms with Gasteiger partial charge >= 0.3 is 6.03 Å². The first-order valence-electron chi connectivity index (χ1n) is 9.08. The van der Waals surface area contributed by atoms with Gasteiger partial charge in [-0.3, -0.25) is 4.79 Å². The van der Waals surface area contributed by atoms with Crippen LogP contribution in [-0.4, -0.2) is 45.0 Å². The van der Waals surface area contributed by atoms with Gasteiger partial charge in [-0.15, -0.1) is 0 Å². The predicted molar refractivity (Wildman–Crippen MR) is 102 cm³/mol. The number of urea groups is 1. The van der Waals surface area contributed by atoms with E-state index < -0.39 is 0 Å². The van der Waals surface area contributed by atoms with Crippen LogP contribution in [-0.2, 0) is 11.3 Å². The number of para-hydroxylation sites is 2. The molecule has 2 aliphatic rings. The molecule has 3 amide bonds. The number of fused-ring (bicyclic) bond motifs is 2. The summed E-state index contributed by atoms with van der Waals surface area (Å²) in [6.07, 6.45) is 3.41. The number of thioether (sulfide) groups is 1. The van der Waals surface area contributed by atoms with Crippen LogP contribution in [0.5, 0.6) is 0 Å². The summed E-state index contributed by atoms with van der Waals surface area (Å²) in [5, 5.41) is 9.34. The van der Waals surface area contributed by atoms with Crippen molar-refractivity contribution in [3.63, 3.8) is 0 Å². The number of hydrogen-bond donors (Lipinski definition) is 4. The average Bonchev–Trinajstić information content (AvgIpc) is 3.30. The number of aromatic nitrogens is 2. The Labute approximate surface area is 156 Å². The van der Waals surface area contributed by atoms with Gasteiger partial charge in [0.1, 0.15) is 5.82 Å². The van der Waals surface area contributed by atoms with E-state index in [0.717, 1.165) is 41.9 Å². The number of nitrogens with one attached hydrogen (secondary N) is 4. The predicted octanol–water partition coefficient (Wildman–Crippen LogP) is 1.90. The van der Waals surface area contributed by atoms with Gasteiger partial charge in [-0.2, -0.15) is 11.8 Å². The van der Waals surface area contributed by atoms with Crippen molar-refractivity contribution in [3.8, 4) is 0 Å². The highest BCUT2D eigenvalue weighted by atomic mass is 32.2. The van der Waals surface area contributed by atoms with Crippen molar-refractivity contribution in [2.45, 2.75) is 49.6 Å². The molecule has 0 unspecified atom stereocenters. The van der Waals surface area contributed by atoms with Crippen LogP contribution in [0.2, 0.25) is 0 Å². The molecule has 7 nitrogen and oxygen atoms in total. The molecule has 4 rings (SSSR count). The monoisotopic (exact) mass is 373 g/mol. The number of amides is 3. The number of nitrogens with zero attached hydrogens (tertiary/aromatic N) is 1. The lowest BCUT2D eigenvalue weighted by molar-refractivity contribution is -0.121. The van der Waals surface area contributed by atoms with E-state index in [2.05, 4.69) is 25.9 Å². The van der Waals surface area contributed by atoms with Gasteiger partial charge in [-0.25, -0.2) is 9.78 Å². The standard InChI is InChI=1S/C18H23N5O2S/c24-16(19-9-15-20-11-5-1-2-6-12(11)21-15)8-4-3-7-14-17-13(10-26-14)22-18(25)23-17/h1-2,5-6,13-14,17H,3-4,7-10H2,(H,19,24)(H,20,21)(H2,22,23,25)/t13-,14-,17-/m0/s1. The fourth-order valence-electron chi connectivity index (χ4n) is 3.63.